The van der Waals surface area contributed by atoms with Crippen molar-refractivity contribution in [2.75, 3.05) is 12.4 Å². The maximum Gasteiger partial charge on any atom is 0.322 e. The van der Waals surface area contributed by atoms with E-state index in [2.05, 4.69) is 15.5 Å². The summed E-state index contributed by atoms with van der Waals surface area (Å²) in [6.45, 7) is 0. The molecule has 3 rings (SSSR count). The van der Waals surface area contributed by atoms with Gasteiger partial charge in [-0.3, -0.25) is 10.1 Å². The smallest absolute Gasteiger partial charge is 0.322 e. The zero-order valence-corrected chi connectivity index (χ0v) is 12.9. The summed E-state index contributed by atoms with van der Waals surface area (Å²) in [5.41, 5.74) is 1.10. The predicted octanol–water partition coefficient (Wildman–Crippen LogP) is 3.65. The number of hydrogen-bond acceptors (Lipinski definition) is 5. The lowest BCUT2D eigenvalue weighted by atomic mass is 10.2. The van der Waals surface area contributed by atoms with Crippen LogP contribution in [0.15, 0.2) is 52.9 Å². The van der Waals surface area contributed by atoms with Crippen molar-refractivity contribution in [1.82, 2.24) is 10.2 Å². The monoisotopic (exact) mass is 329 g/mol. The molecule has 0 bridgehead atoms. The summed E-state index contributed by atoms with van der Waals surface area (Å²) >= 11 is 5.86. The van der Waals surface area contributed by atoms with E-state index >= 15 is 0 Å². The Balaban J connectivity index is 1.78. The topological polar surface area (TPSA) is 77.3 Å². The third kappa shape index (κ3) is 3.49. The Hall–Kier alpha value is -2.86. The van der Waals surface area contributed by atoms with Crippen LogP contribution < -0.4 is 10.1 Å². The lowest BCUT2D eigenvalue weighted by Crippen LogP contribution is -2.11. The lowest BCUT2D eigenvalue weighted by Gasteiger charge is -2.01. The number of benzene rings is 2. The van der Waals surface area contributed by atoms with E-state index in [1.807, 2.05) is 12.1 Å². The highest BCUT2D eigenvalue weighted by molar-refractivity contribution is 6.31. The Morgan fingerprint density at radius 3 is 2.78 bits per heavy atom. The van der Waals surface area contributed by atoms with E-state index in [-0.39, 0.29) is 17.8 Å². The fraction of sp³-hybridized carbons (Fsp3) is 0.0625. The molecule has 0 spiro atoms. The summed E-state index contributed by atoms with van der Waals surface area (Å²) < 4.78 is 10.6. The van der Waals surface area contributed by atoms with Crippen molar-refractivity contribution in [3.8, 4) is 17.2 Å². The highest BCUT2D eigenvalue weighted by atomic mass is 35.5. The van der Waals surface area contributed by atoms with Crippen molar-refractivity contribution in [3.63, 3.8) is 0 Å². The molecule has 0 aliphatic heterocycles. The molecule has 0 saturated heterocycles. The first-order valence-electron chi connectivity index (χ1n) is 6.70. The van der Waals surface area contributed by atoms with Crippen LogP contribution in [0, 0.1) is 0 Å². The van der Waals surface area contributed by atoms with Gasteiger partial charge in [0.25, 0.3) is 5.91 Å². The van der Waals surface area contributed by atoms with Crippen molar-refractivity contribution in [2.24, 2.45) is 0 Å². The standard InChI is InChI=1S/C16H12ClN3O3/c1-22-13-7-3-5-11(9-13)15-19-20-16(23-15)18-14(21)10-4-2-6-12(17)8-10/h2-9H,1H3,(H,18,20,21). The molecule has 0 saturated carbocycles. The number of aromatic nitrogens is 2. The summed E-state index contributed by atoms with van der Waals surface area (Å²) in [4.78, 5) is 12.1. The van der Waals surface area contributed by atoms with E-state index in [1.54, 1.807) is 43.5 Å². The van der Waals surface area contributed by atoms with Gasteiger partial charge in [-0.15, -0.1) is 5.10 Å². The molecule has 6 nitrogen and oxygen atoms in total. The van der Waals surface area contributed by atoms with E-state index in [0.717, 1.165) is 0 Å². The predicted molar refractivity (Wildman–Crippen MR) is 85.7 cm³/mol. The molecule has 116 valence electrons. The molecule has 2 aromatic carbocycles. The SMILES string of the molecule is COc1cccc(-c2nnc(NC(=O)c3cccc(Cl)c3)o2)c1. The number of carbonyl (C=O) groups is 1. The van der Waals surface area contributed by atoms with Crippen LogP contribution in [0.25, 0.3) is 11.5 Å². The van der Waals surface area contributed by atoms with E-state index in [4.69, 9.17) is 20.8 Å². The minimum atomic E-state index is -0.381. The van der Waals surface area contributed by atoms with Gasteiger partial charge in [0, 0.05) is 16.1 Å². The molecular weight excluding hydrogens is 318 g/mol. The molecule has 1 amide bonds. The Morgan fingerprint density at radius 2 is 2.00 bits per heavy atom. The van der Waals surface area contributed by atoms with E-state index in [0.29, 0.717) is 21.9 Å². The number of methoxy groups -OCH3 is 1. The van der Waals surface area contributed by atoms with Gasteiger partial charge in [0.2, 0.25) is 5.89 Å². The number of amides is 1. The number of hydrogen-bond donors (Lipinski definition) is 1. The molecule has 0 unspecified atom stereocenters. The lowest BCUT2D eigenvalue weighted by molar-refractivity contribution is 0.102. The number of ether oxygens (including phenoxy) is 1. The molecule has 0 aliphatic rings. The number of carbonyl (C=O) groups excluding carboxylic acids is 1. The van der Waals surface area contributed by atoms with Gasteiger partial charge in [0.05, 0.1) is 7.11 Å². The van der Waals surface area contributed by atoms with Crippen molar-refractivity contribution in [1.29, 1.82) is 0 Å². The third-order valence-electron chi connectivity index (χ3n) is 3.05. The van der Waals surface area contributed by atoms with E-state index in [1.165, 1.54) is 0 Å². The average Bonchev–Trinajstić information content (AvgIpc) is 3.03. The molecular formula is C16H12ClN3O3. The zero-order valence-electron chi connectivity index (χ0n) is 12.1. The fourth-order valence-corrected chi connectivity index (χ4v) is 2.14. The minimum Gasteiger partial charge on any atom is -0.497 e. The average molecular weight is 330 g/mol. The van der Waals surface area contributed by atoms with E-state index in [9.17, 15) is 4.79 Å². The maximum atomic E-state index is 12.1. The van der Waals surface area contributed by atoms with Crippen LogP contribution >= 0.6 is 11.6 Å². The van der Waals surface area contributed by atoms with Crippen LogP contribution in [-0.2, 0) is 0 Å². The third-order valence-corrected chi connectivity index (χ3v) is 3.28. The summed E-state index contributed by atoms with van der Waals surface area (Å²) in [7, 11) is 1.57. The normalized spacial score (nSPS) is 10.3. The highest BCUT2D eigenvalue weighted by Gasteiger charge is 2.13. The number of nitrogens with one attached hydrogen (secondary N) is 1. The second-order valence-corrected chi connectivity index (χ2v) is 5.05. The Morgan fingerprint density at radius 1 is 1.17 bits per heavy atom. The number of rotatable bonds is 4. The van der Waals surface area contributed by atoms with Gasteiger partial charge in [-0.25, -0.2) is 0 Å². The van der Waals surface area contributed by atoms with Crippen LogP contribution in [-0.4, -0.2) is 23.2 Å². The molecule has 7 heteroatoms. The Kier molecular flexibility index (Phi) is 4.25. The molecule has 0 aliphatic carbocycles. The fourth-order valence-electron chi connectivity index (χ4n) is 1.95. The maximum absolute atomic E-state index is 12.1. The van der Waals surface area contributed by atoms with Gasteiger partial charge in [-0.1, -0.05) is 28.8 Å². The first-order valence-corrected chi connectivity index (χ1v) is 7.08. The van der Waals surface area contributed by atoms with Gasteiger partial charge in [-0.05, 0) is 36.4 Å². The molecule has 0 atom stereocenters. The van der Waals surface area contributed by atoms with Gasteiger partial charge in [0.1, 0.15) is 5.75 Å². The van der Waals surface area contributed by atoms with Gasteiger partial charge in [-0.2, -0.15) is 0 Å². The van der Waals surface area contributed by atoms with Crippen molar-refractivity contribution in [3.05, 3.63) is 59.1 Å². The Bertz CT molecular complexity index is 848. The Labute approximate surface area is 137 Å². The summed E-state index contributed by atoms with van der Waals surface area (Å²) in [5.74, 6) is 0.573. The number of nitrogens with zero attached hydrogens (tertiary/aromatic N) is 2. The van der Waals surface area contributed by atoms with Gasteiger partial charge in [0.15, 0.2) is 0 Å². The van der Waals surface area contributed by atoms with Crippen LogP contribution in [0.2, 0.25) is 5.02 Å². The van der Waals surface area contributed by atoms with Crippen LogP contribution in [0.3, 0.4) is 0 Å². The molecule has 0 radical (unpaired) electrons. The largest absolute Gasteiger partial charge is 0.497 e. The van der Waals surface area contributed by atoms with Crippen LogP contribution in [0.1, 0.15) is 10.4 Å². The number of halogens is 1. The molecule has 1 aromatic heterocycles. The number of anilines is 1. The van der Waals surface area contributed by atoms with Crippen LogP contribution in [0.4, 0.5) is 6.01 Å². The molecule has 3 aromatic rings. The minimum absolute atomic E-state index is 0.00722. The summed E-state index contributed by atoms with van der Waals surface area (Å²) in [5, 5.41) is 10.7. The zero-order chi connectivity index (χ0) is 16.2. The molecule has 23 heavy (non-hydrogen) atoms. The van der Waals surface area contributed by atoms with Crippen molar-refractivity contribution >= 4 is 23.5 Å². The van der Waals surface area contributed by atoms with Crippen LogP contribution in [0.5, 0.6) is 5.75 Å². The first kappa shape index (κ1) is 15.1. The molecule has 1 N–H and O–H groups in total. The first-order chi connectivity index (χ1) is 11.2. The molecule has 0 fully saturated rings. The van der Waals surface area contributed by atoms with Gasteiger partial charge < -0.3 is 9.15 Å². The second-order valence-electron chi connectivity index (χ2n) is 4.61. The van der Waals surface area contributed by atoms with E-state index < -0.39 is 0 Å². The summed E-state index contributed by atoms with van der Waals surface area (Å²) in [6.07, 6.45) is 0. The highest BCUT2D eigenvalue weighted by Crippen LogP contribution is 2.24. The second kappa shape index (κ2) is 6.50. The van der Waals surface area contributed by atoms with Gasteiger partial charge >= 0.3 is 6.01 Å². The van der Waals surface area contributed by atoms with Crippen molar-refractivity contribution in [2.45, 2.75) is 0 Å². The summed E-state index contributed by atoms with van der Waals surface area (Å²) in [6, 6.07) is 13.8. The quantitative estimate of drug-likeness (QED) is 0.790. The van der Waals surface area contributed by atoms with Crippen molar-refractivity contribution < 1.29 is 13.9 Å². The molecule has 1 heterocycles.